The maximum atomic E-state index is 12.5. The number of nitrogens with zero attached hydrogens (tertiary/aromatic N) is 3. The molecular formula is C19H24ClN5O2S. The van der Waals surface area contributed by atoms with Gasteiger partial charge in [0.1, 0.15) is 0 Å². The minimum absolute atomic E-state index is 0.0261. The minimum Gasteiger partial charge on any atom is -0.351 e. The van der Waals surface area contributed by atoms with E-state index < -0.39 is 17.2 Å². The van der Waals surface area contributed by atoms with Crippen LogP contribution in [-0.2, 0) is 4.79 Å². The number of primary amides is 1. The van der Waals surface area contributed by atoms with E-state index in [4.69, 9.17) is 17.3 Å². The summed E-state index contributed by atoms with van der Waals surface area (Å²) in [7, 11) is 0. The predicted molar refractivity (Wildman–Crippen MR) is 110 cm³/mol. The molecule has 28 heavy (non-hydrogen) atoms. The summed E-state index contributed by atoms with van der Waals surface area (Å²) >= 11 is 7.72. The number of benzene rings is 1. The first-order valence-electron chi connectivity index (χ1n) is 9.35. The molecule has 0 bridgehead atoms. The summed E-state index contributed by atoms with van der Waals surface area (Å²) in [6.07, 6.45) is 4.35. The van der Waals surface area contributed by atoms with Crippen LogP contribution in [0.2, 0.25) is 5.02 Å². The second-order valence-corrected chi connectivity index (χ2v) is 8.75. The molecule has 1 aromatic heterocycles. The third-order valence-corrected chi connectivity index (χ3v) is 6.64. The van der Waals surface area contributed by atoms with Gasteiger partial charge in [-0.1, -0.05) is 62.2 Å². The van der Waals surface area contributed by atoms with Gasteiger partial charge in [0.05, 0.1) is 10.3 Å². The van der Waals surface area contributed by atoms with E-state index in [2.05, 4.69) is 20.1 Å². The Morgan fingerprint density at radius 1 is 1.25 bits per heavy atom. The van der Waals surface area contributed by atoms with Crippen LogP contribution in [0.25, 0.3) is 11.4 Å². The van der Waals surface area contributed by atoms with E-state index in [-0.39, 0.29) is 12.0 Å². The fourth-order valence-electron chi connectivity index (χ4n) is 3.47. The molecule has 1 aliphatic rings. The summed E-state index contributed by atoms with van der Waals surface area (Å²) in [5.41, 5.74) is 5.94. The van der Waals surface area contributed by atoms with Gasteiger partial charge in [0.15, 0.2) is 11.0 Å². The molecule has 1 aromatic carbocycles. The molecule has 1 saturated carbocycles. The van der Waals surface area contributed by atoms with Crippen LogP contribution < -0.4 is 11.1 Å². The van der Waals surface area contributed by atoms with Crippen LogP contribution in [0.5, 0.6) is 0 Å². The number of hydrogen-bond donors (Lipinski definition) is 2. The highest BCUT2D eigenvalue weighted by Gasteiger charge is 2.31. The molecule has 0 saturated heterocycles. The van der Waals surface area contributed by atoms with Gasteiger partial charge in [-0.25, -0.2) is 4.79 Å². The van der Waals surface area contributed by atoms with Crippen molar-refractivity contribution in [3.63, 3.8) is 0 Å². The van der Waals surface area contributed by atoms with Crippen molar-refractivity contribution in [2.75, 3.05) is 0 Å². The number of urea groups is 1. The largest absolute Gasteiger partial charge is 0.351 e. The number of carbonyl (C=O) groups is 2. The number of thioether (sulfide) groups is 1. The fraction of sp³-hybridized carbons (Fsp3) is 0.474. The Morgan fingerprint density at radius 3 is 2.54 bits per heavy atom. The number of imide groups is 1. The molecule has 1 aliphatic carbocycles. The molecule has 3 rings (SSSR count). The van der Waals surface area contributed by atoms with Crippen molar-refractivity contribution >= 4 is 35.3 Å². The highest BCUT2D eigenvalue weighted by atomic mass is 35.5. The van der Waals surface area contributed by atoms with Crippen LogP contribution in [0.15, 0.2) is 29.4 Å². The van der Waals surface area contributed by atoms with Crippen LogP contribution in [0, 0.1) is 5.92 Å². The number of nitrogens with one attached hydrogen (secondary N) is 1. The van der Waals surface area contributed by atoms with Crippen molar-refractivity contribution < 1.29 is 9.59 Å². The average molecular weight is 422 g/mol. The number of halogens is 1. The fourth-order valence-corrected chi connectivity index (χ4v) is 4.80. The molecule has 1 heterocycles. The van der Waals surface area contributed by atoms with E-state index in [0.29, 0.717) is 16.0 Å². The third-order valence-electron chi connectivity index (χ3n) is 4.81. The Balaban J connectivity index is 1.99. The minimum atomic E-state index is -0.856. The topological polar surface area (TPSA) is 103 Å². The Labute approximate surface area is 173 Å². The van der Waals surface area contributed by atoms with Crippen molar-refractivity contribution in [1.82, 2.24) is 20.1 Å². The SMILES string of the molecule is CC(C)[C@H](Sc1nnc(-c2ccccc2Cl)n1C1CCCC1)C(=O)NC(N)=O. The number of carbonyl (C=O) groups excluding carboxylic acids is 2. The van der Waals surface area contributed by atoms with Gasteiger partial charge in [0, 0.05) is 11.6 Å². The van der Waals surface area contributed by atoms with Gasteiger partial charge >= 0.3 is 6.03 Å². The molecule has 1 atom stereocenters. The van der Waals surface area contributed by atoms with Crippen molar-refractivity contribution in [1.29, 1.82) is 0 Å². The summed E-state index contributed by atoms with van der Waals surface area (Å²) in [6.45, 7) is 3.84. The monoisotopic (exact) mass is 421 g/mol. The second-order valence-electron chi connectivity index (χ2n) is 7.23. The quantitative estimate of drug-likeness (QED) is 0.685. The van der Waals surface area contributed by atoms with E-state index in [1.807, 2.05) is 38.1 Å². The van der Waals surface area contributed by atoms with Gasteiger partial charge in [-0.15, -0.1) is 10.2 Å². The maximum Gasteiger partial charge on any atom is 0.318 e. The predicted octanol–water partition coefficient (Wildman–Crippen LogP) is 4.03. The number of nitrogens with two attached hydrogens (primary N) is 1. The summed E-state index contributed by atoms with van der Waals surface area (Å²) in [6, 6.07) is 6.95. The summed E-state index contributed by atoms with van der Waals surface area (Å²) in [5, 5.41) is 11.7. The Morgan fingerprint density at radius 2 is 1.93 bits per heavy atom. The number of rotatable bonds is 6. The second kappa shape index (κ2) is 8.96. The van der Waals surface area contributed by atoms with E-state index in [9.17, 15) is 9.59 Å². The number of aromatic nitrogens is 3. The lowest BCUT2D eigenvalue weighted by Crippen LogP contribution is -2.42. The highest BCUT2D eigenvalue weighted by Crippen LogP contribution is 2.39. The molecule has 0 radical (unpaired) electrons. The average Bonchev–Trinajstić information content (AvgIpc) is 3.28. The van der Waals surface area contributed by atoms with Crippen molar-refractivity contribution in [2.24, 2.45) is 11.7 Å². The Kier molecular flexibility index (Phi) is 6.61. The highest BCUT2D eigenvalue weighted by molar-refractivity contribution is 8.00. The first-order chi connectivity index (χ1) is 13.4. The Bertz CT molecular complexity index is 864. The lowest BCUT2D eigenvalue weighted by atomic mass is 10.1. The third kappa shape index (κ3) is 4.50. The Hall–Kier alpha value is -2.06. The van der Waals surface area contributed by atoms with Gasteiger partial charge < -0.3 is 5.73 Å². The smallest absolute Gasteiger partial charge is 0.318 e. The molecule has 1 fully saturated rings. The van der Waals surface area contributed by atoms with Crippen molar-refractivity contribution in [3.05, 3.63) is 29.3 Å². The molecule has 9 heteroatoms. The molecule has 0 unspecified atom stereocenters. The maximum absolute atomic E-state index is 12.5. The van der Waals surface area contributed by atoms with E-state index >= 15 is 0 Å². The molecule has 7 nitrogen and oxygen atoms in total. The molecule has 150 valence electrons. The first kappa shape index (κ1) is 20.7. The van der Waals surface area contributed by atoms with Crippen LogP contribution in [0.3, 0.4) is 0 Å². The zero-order valence-electron chi connectivity index (χ0n) is 15.9. The van der Waals surface area contributed by atoms with E-state index in [1.165, 1.54) is 11.8 Å². The molecular weight excluding hydrogens is 398 g/mol. The molecule has 0 aliphatic heterocycles. The lowest BCUT2D eigenvalue weighted by Gasteiger charge is -2.21. The van der Waals surface area contributed by atoms with Gasteiger partial charge in [-0.05, 0) is 30.9 Å². The van der Waals surface area contributed by atoms with Gasteiger partial charge in [0.25, 0.3) is 0 Å². The first-order valence-corrected chi connectivity index (χ1v) is 10.6. The van der Waals surface area contributed by atoms with Crippen LogP contribution in [0.4, 0.5) is 4.79 Å². The van der Waals surface area contributed by atoms with E-state index in [0.717, 1.165) is 31.2 Å². The number of amides is 3. The summed E-state index contributed by atoms with van der Waals surface area (Å²) in [5.74, 6) is 0.257. The van der Waals surface area contributed by atoms with Gasteiger partial charge in [-0.3, -0.25) is 14.7 Å². The van der Waals surface area contributed by atoms with Crippen LogP contribution in [0.1, 0.15) is 45.6 Å². The van der Waals surface area contributed by atoms with Crippen molar-refractivity contribution in [3.8, 4) is 11.4 Å². The van der Waals surface area contributed by atoms with Crippen LogP contribution >= 0.6 is 23.4 Å². The zero-order valence-corrected chi connectivity index (χ0v) is 17.5. The summed E-state index contributed by atoms with van der Waals surface area (Å²) in [4.78, 5) is 23.6. The standard InChI is InChI=1S/C19H24ClN5O2S/c1-11(2)15(17(26)22-18(21)27)28-19-24-23-16(13-9-5-6-10-14(13)20)25(19)12-7-3-4-8-12/h5-6,9-12,15H,3-4,7-8H2,1-2H3,(H3,21,22,26,27)/t15-/m0/s1. The summed E-state index contributed by atoms with van der Waals surface area (Å²) < 4.78 is 2.10. The normalized spacial score (nSPS) is 15.7. The van der Waals surface area contributed by atoms with E-state index in [1.54, 1.807) is 0 Å². The molecule has 2 aromatic rings. The molecule has 3 N–H and O–H groups in total. The van der Waals surface area contributed by atoms with Crippen molar-refractivity contribution in [2.45, 2.75) is 56.0 Å². The zero-order chi connectivity index (χ0) is 20.3. The molecule has 0 spiro atoms. The lowest BCUT2D eigenvalue weighted by molar-refractivity contribution is -0.120. The van der Waals surface area contributed by atoms with Gasteiger partial charge in [0.2, 0.25) is 5.91 Å². The van der Waals surface area contributed by atoms with Crippen LogP contribution in [-0.4, -0.2) is 32.0 Å². The van der Waals surface area contributed by atoms with Gasteiger partial charge in [-0.2, -0.15) is 0 Å². The number of hydrogen-bond acceptors (Lipinski definition) is 5. The molecule has 3 amide bonds.